The molecule has 2 heterocycles. The minimum atomic E-state index is -0.147. The van der Waals surface area contributed by atoms with Gasteiger partial charge in [-0.2, -0.15) is 0 Å². The second-order valence-corrected chi connectivity index (χ2v) is 8.97. The van der Waals surface area contributed by atoms with Crippen molar-refractivity contribution in [3.8, 4) is 17.2 Å². The quantitative estimate of drug-likeness (QED) is 0.320. The molecule has 35 heavy (non-hydrogen) atoms. The van der Waals surface area contributed by atoms with Gasteiger partial charge in [0.25, 0.3) is 0 Å². The highest BCUT2D eigenvalue weighted by atomic mass is 16.5. The van der Waals surface area contributed by atoms with E-state index in [2.05, 4.69) is 42.2 Å². The zero-order valence-corrected chi connectivity index (χ0v) is 21.1. The molecule has 186 valence electrons. The largest absolute Gasteiger partial charge is 0.493 e. The molecular formula is C29H36N2O4. The summed E-state index contributed by atoms with van der Waals surface area (Å²) in [5, 5.41) is 0. The van der Waals surface area contributed by atoms with E-state index < -0.39 is 0 Å². The molecule has 0 spiro atoms. The van der Waals surface area contributed by atoms with Crippen molar-refractivity contribution in [3.05, 3.63) is 65.0 Å². The van der Waals surface area contributed by atoms with Crippen molar-refractivity contribution >= 4 is 11.7 Å². The fraction of sp³-hybridized carbons (Fsp3) is 0.448. The van der Waals surface area contributed by atoms with Gasteiger partial charge >= 0.3 is 5.97 Å². The summed E-state index contributed by atoms with van der Waals surface area (Å²) in [5.74, 6) is 2.26. The molecule has 0 fully saturated rings. The van der Waals surface area contributed by atoms with E-state index in [4.69, 9.17) is 18.9 Å². The average molecular weight is 477 g/mol. The Morgan fingerprint density at radius 1 is 1.11 bits per heavy atom. The monoisotopic (exact) mass is 476 g/mol. The third kappa shape index (κ3) is 6.24. The predicted octanol–water partition coefficient (Wildman–Crippen LogP) is 5.93. The lowest BCUT2D eigenvalue weighted by molar-refractivity contribution is -0.142. The first-order chi connectivity index (χ1) is 17.1. The van der Waals surface area contributed by atoms with Crippen molar-refractivity contribution in [3.63, 3.8) is 0 Å². The Morgan fingerprint density at radius 3 is 2.71 bits per heavy atom. The topological polar surface area (TPSA) is 64.8 Å². The van der Waals surface area contributed by atoms with Gasteiger partial charge in [0.15, 0.2) is 0 Å². The van der Waals surface area contributed by atoms with Crippen LogP contribution in [0.3, 0.4) is 0 Å². The van der Waals surface area contributed by atoms with Crippen molar-refractivity contribution < 1.29 is 18.7 Å². The smallest absolute Gasteiger partial charge is 0.307 e. The number of benzene rings is 2. The van der Waals surface area contributed by atoms with Crippen molar-refractivity contribution in [2.75, 3.05) is 31.2 Å². The van der Waals surface area contributed by atoms with Crippen molar-refractivity contribution in [2.24, 2.45) is 0 Å². The molecule has 0 N–H and O–H groups in total. The number of carbonyl (C=O) groups excluding carboxylic acids is 1. The number of nitrogens with zero attached hydrogens (tertiary/aromatic N) is 2. The molecule has 1 aliphatic heterocycles. The molecule has 0 atom stereocenters. The van der Waals surface area contributed by atoms with E-state index in [-0.39, 0.29) is 5.97 Å². The van der Waals surface area contributed by atoms with Crippen LogP contribution in [-0.2, 0) is 28.8 Å². The van der Waals surface area contributed by atoms with Crippen LogP contribution in [0.4, 0.5) is 5.69 Å². The molecule has 0 aliphatic carbocycles. The molecule has 0 bridgehead atoms. The number of aromatic nitrogens is 1. The summed E-state index contributed by atoms with van der Waals surface area (Å²) in [4.78, 5) is 18.8. The van der Waals surface area contributed by atoms with Crippen LogP contribution in [0.5, 0.6) is 5.75 Å². The van der Waals surface area contributed by atoms with Gasteiger partial charge in [0.1, 0.15) is 11.5 Å². The second-order valence-electron chi connectivity index (χ2n) is 8.97. The summed E-state index contributed by atoms with van der Waals surface area (Å²) < 4.78 is 17.3. The maximum Gasteiger partial charge on any atom is 0.307 e. The third-order valence-corrected chi connectivity index (χ3v) is 6.42. The molecule has 0 saturated heterocycles. The van der Waals surface area contributed by atoms with E-state index in [1.807, 2.05) is 26.0 Å². The van der Waals surface area contributed by atoms with Gasteiger partial charge in [0, 0.05) is 36.3 Å². The Kier molecular flexibility index (Phi) is 8.45. The Hall–Kier alpha value is -3.28. The summed E-state index contributed by atoms with van der Waals surface area (Å²) in [5.41, 5.74) is 5.63. The van der Waals surface area contributed by atoms with Crippen LogP contribution in [0.1, 0.15) is 55.7 Å². The highest BCUT2D eigenvalue weighted by Gasteiger charge is 2.21. The number of oxazole rings is 1. The van der Waals surface area contributed by atoms with Crippen LogP contribution in [0.25, 0.3) is 11.5 Å². The van der Waals surface area contributed by atoms with Crippen LogP contribution in [-0.4, -0.2) is 37.3 Å². The number of hydrogen-bond donors (Lipinski definition) is 0. The molecule has 1 aromatic heterocycles. The minimum Gasteiger partial charge on any atom is -0.493 e. The van der Waals surface area contributed by atoms with E-state index >= 15 is 0 Å². The zero-order chi connectivity index (χ0) is 24.6. The van der Waals surface area contributed by atoms with Crippen LogP contribution >= 0.6 is 0 Å². The molecular weight excluding hydrogens is 440 g/mol. The Bertz CT molecular complexity index is 1120. The maximum absolute atomic E-state index is 11.8. The van der Waals surface area contributed by atoms with Crippen LogP contribution in [0.15, 0.2) is 46.9 Å². The summed E-state index contributed by atoms with van der Waals surface area (Å²) in [7, 11) is 0. The first kappa shape index (κ1) is 24.8. The van der Waals surface area contributed by atoms with Crippen LogP contribution in [0.2, 0.25) is 0 Å². The summed E-state index contributed by atoms with van der Waals surface area (Å²) in [6, 6.07) is 14.6. The Balaban J connectivity index is 1.38. The molecule has 0 unspecified atom stereocenters. The van der Waals surface area contributed by atoms with Crippen molar-refractivity contribution in [1.29, 1.82) is 0 Å². The highest BCUT2D eigenvalue weighted by Crippen LogP contribution is 2.34. The maximum atomic E-state index is 11.8. The minimum absolute atomic E-state index is 0.147. The fourth-order valence-electron chi connectivity index (χ4n) is 4.64. The van der Waals surface area contributed by atoms with Gasteiger partial charge in [0.2, 0.25) is 5.89 Å². The lowest BCUT2D eigenvalue weighted by atomic mass is 10.0. The SMILES string of the molecule is CCCc1ccc(-c2nc(CCOc3cccc4c3CCCN4CCC(=O)OCC)c(C)o2)cc1. The molecule has 4 rings (SSSR count). The van der Waals surface area contributed by atoms with Gasteiger partial charge in [-0.15, -0.1) is 0 Å². The van der Waals surface area contributed by atoms with Gasteiger partial charge in [-0.1, -0.05) is 31.5 Å². The molecule has 0 radical (unpaired) electrons. The predicted molar refractivity (Wildman–Crippen MR) is 138 cm³/mol. The molecule has 6 heteroatoms. The molecule has 1 aliphatic rings. The van der Waals surface area contributed by atoms with Gasteiger partial charge in [0.05, 0.1) is 25.3 Å². The fourth-order valence-corrected chi connectivity index (χ4v) is 4.64. The number of carbonyl (C=O) groups is 1. The van der Waals surface area contributed by atoms with Gasteiger partial charge < -0.3 is 18.8 Å². The van der Waals surface area contributed by atoms with Gasteiger partial charge in [-0.3, -0.25) is 4.79 Å². The second kappa shape index (κ2) is 11.9. The van der Waals surface area contributed by atoms with E-state index in [1.165, 1.54) is 11.1 Å². The molecule has 0 amide bonds. The lowest BCUT2D eigenvalue weighted by Crippen LogP contribution is -2.32. The Morgan fingerprint density at radius 2 is 1.94 bits per heavy atom. The van der Waals surface area contributed by atoms with Gasteiger partial charge in [-0.05, 0) is 62.9 Å². The number of rotatable bonds is 11. The molecule has 2 aromatic carbocycles. The molecule has 6 nitrogen and oxygen atoms in total. The summed E-state index contributed by atoms with van der Waals surface area (Å²) >= 11 is 0. The van der Waals surface area contributed by atoms with Crippen LogP contribution in [0, 0.1) is 6.92 Å². The summed E-state index contributed by atoms with van der Waals surface area (Å²) in [6.07, 6.45) is 5.31. The normalized spacial score (nSPS) is 12.9. The number of ether oxygens (including phenoxy) is 2. The third-order valence-electron chi connectivity index (χ3n) is 6.42. The Labute approximate surface area is 208 Å². The van der Waals surface area contributed by atoms with E-state index in [0.717, 1.165) is 60.7 Å². The van der Waals surface area contributed by atoms with Crippen molar-refractivity contribution in [2.45, 2.75) is 59.3 Å². The number of anilines is 1. The average Bonchev–Trinajstić information content (AvgIpc) is 3.24. The summed E-state index contributed by atoms with van der Waals surface area (Å²) in [6.45, 7) is 8.54. The number of hydrogen-bond acceptors (Lipinski definition) is 6. The number of fused-ring (bicyclic) bond motifs is 1. The zero-order valence-electron chi connectivity index (χ0n) is 21.1. The number of aryl methyl sites for hydroxylation is 2. The lowest BCUT2D eigenvalue weighted by Gasteiger charge is -2.32. The highest BCUT2D eigenvalue weighted by molar-refractivity contribution is 5.71. The van der Waals surface area contributed by atoms with E-state index in [9.17, 15) is 4.79 Å². The molecule has 0 saturated carbocycles. The van der Waals surface area contributed by atoms with Crippen molar-refractivity contribution in [1.82, 2.24) is 4.98 Å². The first-order valence-corrected chi connectivity index (χ1v) is 12.8. The van der Waals surface area contributed by atoms with E-state index in [0.29, 0.717) is 38.5 Å². The molecule has 3 aromatic rings. The van der Waals surface area contributed by atoms with Crippen LogP contribution < -0.4 is 9.64 Å². The number of esters is 1. The van der Waals surface area contributed by atoms with E-state index in [1.54, 1.807) is 0 Å². The van der Waals surface area contributed by atoms with Gasteiger partial charge in [-0.25, -0.2) is 4.98 Å². The standard InChI is InChI=1S/C29H36N2O4/c1-4-8-22-12-14-23(15-13-22)29-30-25(21(3)35-29)17-20-34-27-11-6-10-26-24(27)9-7-18-31(26)19-16-28(32)33-5-2/h6,10-15H,4-5,7-9,16-20H2,1-3H3. The first-order valence-electron chi connectivity index (χ1n) is 12.8.